The van der Waals surface area contributed by atoms with E-state index in [-0.39, 0.29) is 6.17 Å². The molecule has 3 aromatic heterocycles. The van der Waals surface area contributed by atoms with E-state index in [9.17, 15) is 0 Å². The molecule has 4 nitrogen and oxygen atoms in total. The SMILES string of the molecule is c1ccc(C2=[N+](c3ccc4c(c3)oc3cc(-c5cccc6c5oc5ccccc56)ccc34)C(c3ccc4sc5ccccc5c4c3)N2)cc1. The lowest BCUT2D eigenvalue weighted by Crippen LogP contribution is -2.51. The van der Waals surface area contributed by atoms with Crippen LogP contribution in [0.25, 0.3) is 75.2 Å². The highest BCUT2D eigenvalue weighted by molar-refractivity contribution is 7.25. The van der Waals surface area contributed by atoms with Crippen LogP contribution in [0.1, 0.15) is 17.3 Å². The molecule has 11 rings (SSSR count). The predicted octanol–water partition coefficient (Wildman–Crippen LogP) is 11.9. The quantitative estimate of drug-likeness (QED) is 0.193. The summed E-state index contributed by atoms with van der Waals surface area (Å²) in [6.45, 7) is 0. The van der Waals surface area contributed by atoms with Crippen molar-refractivity contribution in [2.75, 3.05) is 0 Å². The van der Waals surface area contributed by atoms with E-state index < -0.39 is 0 Å². The molecule has 0 radical (unpaired) electrons. The predicted molar refractivity (Wildman–Crippen MR) is 202 cm³/mol. The maximum Gasteiger partial charge on any atom is 0.289 e. The van der Waals surface area contributed by atoms with Crippen LogP contribution in [0.4, 0.5) is 5.69 Å². The van der Waals surface area contributed by atoms with Crippen molar-refractivity contribution in [3.05, 3.63) is 163 Å². The van der Waals surface area contributed by atoms with Crippen LogP contribution in [0.5, 0.6) is 0 Å². The molecule has 0 bridgehead atoms. The van der Waals surface area contributed by atoms with Gasteiger partial charge in [0.25, 0.3) is 12.0 Å². The summed E-state index contributed by atoms with van der Waals surface area (Å²) < 4.78 is 18.0. The second kappa shape index (κ2) is 10.2. The van der Waals surface area contributed by atoms with Gasteiger partial charge in [0.15, 0.2) is 0 Å². The Balaban J connectivity index is 1.04. The number of amidine groups is 1. The van der Waals surface area contributed by atoms with E-state index in [0.717, 1.165) is 72.1 Å². The lowest BCUT2D eigenvalue weighted by atomic mass is 10.0. The van der Waals surface area contributed by atoms with Crippen LogP contribution in [0.15, 0.2) is 160 Å². The minimum atomic E-state index is -0.0176. The van der Waals surface area contributed by atoms with Gasteiger partial charge in [-0.2, -0.15) is 4.58 Å². The van der Waals surface area contributed by atoms with Crippen molar-refractivity contribution in [2.24, 2.45) is 0 Å². The van der Waals surface area contributed by atoms with Crippen molar-refractivity contribution in [1.29, 1.82) is 0 Å². The summed E-state index contributed by atoms with van der Waals surface area (Å²) in [6, 6.07) is 53.8. The molecule has 5 heteroatoms. The van der Waals surface area contributed by atoms with Crippen LogP contribution in [-0.2, 0) is 0 Å². The molecule has 0 saturated heterocycles. The third-order valence-corrected chi connectivity index (χ3v) is 11.1. The molecule has 0 amide bonds. The fourth-order valence-corrected chi connectivity index (χ4v) is 8.71. The number of nitrogens with one attached hydrogen (secondary N) is 1. The zero-order valence-electron chi connectivity index (χ0n) is 26.2. The number of fused-ring (bicyclic) bond motifs is 9. The van der Waals surface area contributed by atoms with Crippen molar-refractivity contribution in [3.8, 4) is 11.1 Å². The Morgan fingerprint density at radius 2 is 1.22 bits per heavy atom. The highest BCUT2D eigenvalue weighted by Gasteiger charge is 2.41. The van der Waals surface area contributed by atoms with Gasteiger partial charge in [0.2, 0.25) is 0 Å². The third kappa shape index (κ3) is 4.00. The van der Waals surface area contributed by atoms with Crippen LogP contribution in [0.3, 0.4) is 0 Å². The minimum Gasteiger partial charge on any atom is -0.456 e. The van der Waals surface area contributed by atoms with Gasteiger partial charge < -0.3 is 8.83 Å². The van der Waals surface area contributed by atoms with E-state index in [1.807, 2.05) is 23.5 Å². The maximum absolute atomic E-state index is 6.64. The standard InChI is InChI=1S/C44H26N2O2S/c1-2-9-26(10-3-1)43-45-44(28-18-22-41-36(23-28)34-12-5-7-16-40(34)49-41)46(43)29-19-21-33-32-20-17-27(24-38(32)47-39(33)25-29)30-13-8-14-35-31-11-4-6-15-37(31)48-42(30)35/h1-25,44H/p+1. The van der Waals surface area contributed by atoms with E-state index in [1.165, 1.54) is 25.7 Å². The Morgan fingerprint density at radius 3 is 2.14 bits per heavy atom. The van der Waals surface area contributed by atoms with Gasteiger partial charge in [0.1, 0.15) is 28.0 Å². The van der Waals surface area contributed by atoms with Crippen LogP contribution in [-0.4, -0.2) is 10.4 Å². The van der Waals surface area contributed by atoms with Crippen molar-refractivity contribution in [1.82, 2.24) is 5.32 Å². The fourth-order valence-electron chi connectivity index (χ4n) is 7.63. The first-order chi connectivity index (χ1) is 24.3. The van der Waals surface area contributed by atoms with Crippen LogP contribution >= 0.6 is 11.3 Å². The summed E-state index contributed by atoms with van der Waals surface area (Å²) in [6.07, 6.45) is -0.0176. The first kappa shape index (κ1) is 26.9. The van der Waals surface area contributed by atoms with Gasteiger partial charge in [0, 0.05) is 58.9 Å². The van der Waals surface area contributed by atoms with Gasteiger partial charge in [-0.25, -0.2) is 5.32 Å². The van der Waals surface area contributed by atoms with Gasteiger partial charge in [-0.15, -0.1) is 11.3 Å². The molecular formula is C44H27N2O2S+. The summed E-state index contributed by atoms with van der Waals surface area (Å²) in [5.74, 6) is 1.08. The number of rotatable bonds is 4. The monoisotopic (exact) mass is 647 g/mol. The van der Waals surface area contributed by atoms with E-state index in [4.69, 9.17) is 8.83 Å². The molecule has 1 atom stereocenters. The number of furan rings is 2. The molecule has 1 N–H and O–H groups in total. The van der Waals surface area contributed by atoms with Crippen molar-refractivity contribution >= 4 is 86.9 Å². The highest BCUT2D eigenvalue weighted by Crippen LogP contribution is 2.41. The summed E-state index contributed by atoms with van der Waals surface area (Å²) in [4.78, 5) is 0. The van der Waals surface area contributed by atoms with Crippen LogP contribution < -0.4 is 5.32 Å². The Hall–Kier alpha value is -6.17. The highest BCUT2D eigenvalue weighted by atomic mass is 32.1. The summed E-state index contributed by atoms with van der Waals surface area (Å²) in [5.41, 5.74) is 9.11. The van der Waals surface area contributed by atoms with E-state index in [1.54, 1.807) is 0 Å². The van der Waals surface area contributed by atoms with E-state index in [2.05, 4.69) is 149 Å². The lowest BCUT2D eigenvalue weighted by molar-refractivity contribution is -0.531. The largest absolute Gasteiger partial charge is 0.456 e. The molecule has 0 aliphatic carbocycles. The molecule has 49 heavy (non-hydrogen) atoms. The second-order valence-electron chi connectivity index (χ2n) is 12.8. The molecule has 10 aromatic rings. The zero-order valence-corrected chi connectivity index (χ0v) is 27.0. The average Bonchev–Trinajstić information content (AvgIpc) is 3.82. The van der Waals surface area contributed by atoms with Gasteiger partial charge >= 0.3 is 0 Å². The number of hydrogen-bond acceptors (Lipinski definition) is 4. The molecule has 0 saturated carbocycles. The van der Waals surface area contributed by atoms with E-state index in [0.29, 0.717) is 0 Å². The van der Waals surface area contributed by atoms with Gasteiger partial charge in [-0.05, 0) is 72.3 Å². The molecule has 7 aromatic carbocycles. The van der Waals surface area contributed by atoms with Crippen molar-refractivity contribution in [3.63, 3.8) is 0 Å². The number of thiophene rings is 1. The maximum atomic E-state index is 6.64. The number of hydrogen-bond donors (Lipinski definition) is 1. The van der Waals surface area contributed by atoms with Crippen LogP contribution in [0, 0.1) is 0 Å². The van der Waals surface area contributed by atoms with Gasteiger partial charge in [-0.3, -0.25) is 0 Å². The normalized spacial score (nSPS) is 14.8. The topological polar surface area (TPSA) is 41.3 Å². The van der Waals surface area contributed by atoms with Gasteiger partial charge in [0.05, 0.1) is 5.56 Å². The van der Waals surface area contributed by atoms with Crippen molar-refractivity contribution in [2.45, 2.75) is 6.17 Å². The molecule has 1 aliphatic rings. The van der Waals surface area contributed by atoms with Crippen molar-refractivity contribution < 1.29 is 13.4 Å². The molecule has 1 aliphatic heterocycles. The third-order valence-electron chi connectivity index (χ3n) is 9.99. The molecule has 4 heterocycles. The molecule has 1 unspecified atom stereocenters. The first-order valence-corrected chi connectivity index (χ1v) is 17.3. The number of nitrogens with zero attached hydrogens (tertiary/aromatic N) is 1. The fraction of sp³-hybridized carbons (Fsp3) is 0.0227. The Morgan fingerprint density at radius 1 is 0.490 bits per heavy atom. The molecule has 0 fully saturated rings. The second-order valence-corrected chi connectivity index (χ2v) is 13.8. The number of benzene rings is 7. The Kier molecular flexibility index (Phi) is 5.57. The number of para-hydroxylation sites is 2. The summed E-state index contributed by atoms with van der Waals surface area (Å²) in [5, 5.41) is 10.9. The Labute approximate surface area is 284 Å². The smallest absolute Gasteiger partial charge is 0.289 e. The average molecular weight is 648 g/mol. The van der Waals surface area contributed by atoms with Crippen LogP contribution in [0.2, 0.25) is 0 Å². The molecule has 0 spiro atoms. The Bertz CT molecular complexity index is 2980. The van der Waals surface area contributed by atoms with E-state index >= 15 is 0 Å². The lowest BCUT2D eigenvalue weighted by Gasteiger charge is -2.29. The summed E-state index contributed by atoms with van der Waals surface area (Å²) >= 11 is 1.85. The van der Waals surface area contributed by atoms with Gasteiger partial charge in [-0.1, -0.05) is 78.9 Å². The zero-order chi connectivity index (χ0) is 32.1. The molecule has 230 valence electrons. The first-order valence-electron chi connectivity index (χ1n) is 16.5. The summed E-state index contributed by atoms with van der Waals surface area (Å²) in [7, 11) is 0. The minimum absolute atomic E-state index is 0.0176. The molecular weight excluding hydrogens is 621 g/mol.